The van der Waals surface area contributed by atoms with Gasteiger partial charge in [-0.2, -0.15) is 0 Å². The fraction of sp³-hybridized carbons (Fsp3) is 0.667. The summed E-state index contributed by atoms with van der Waals surface area (Å²) in [6.07, 6.45) is 7.27. The maximum absolute atomic E-state index is 12.2. The number of nitrogens with zero attached hydrogens (tertiary/aromatic N) is 5. The van der Waals surface area contributed by atoms with Crippen molar-refractivity contribution in [3.05, 3.63) is 18.0 Å². The Morgan fingerprint density at radius 2 is 1.76 bits per heavy atom. The van der Waals surface area contributed by atoms with Gasteiger partial charge in [-0.1, -0.05) is 6.42 Å². The van der Waals surface area contributed by atoms with E-state index >= 15 is 0 Å². The SMILES string of the molecule is CN(Cc1cnc(N(C)C)nc1)C(=O)CN1CCCCC1. The molecule has 0 unspecified atom stereocenters. The maximum Gasteiger partial charge on any atom is 0.236 e. The zero-order valence-corrected chi connectivity index (χ0v) is 13.2. The van der Waals surface area contributed by atoms with Gasteiger partial charge in [0.25, 0.3) is 0 Å². The Balaban J connectivity index is 1.84. The summed E-state index contributed by atoms with van der Waals surface area (Å²) < 4.78 is 0. The predicted molar refractivity (Wildman–Crippen MR) is 83.1 cm³/mol. The minimum Gasteiger partial charge on any atom is -0.347 e. The molecule has 0 aromatic carbocycles. The fourth-order valence-electron chi connectivity index (χ4n) is 2.45. The maximum atomic E-state index is 12.2. The molecule has 1 amide bonds. The Labute approximate surface area is 126 Å². The number of aromatic nitrogens is 2. The van der Waals surface area contributed by atoms with Crippen molar-refractivity contribution in [1.82, 2.24) is 19.8 Å². The second-order valence-corrected chi connectivity index (χ2v) is 5.87. The average molecular weight is 291 g/mol. The first-order chi connectivity index (χ1) is 10.1. The van der Waals surface area contributed by atoms with E-state index < -0.39 is 0 Å². The van der Waals surface area contributed by atoms with Gasteiger partial charge in [0.05, 0.1) is 6.54 Å². The van der Waals surface area contributed by atoms with Crippen LogP contribution in [-0.2, 0) is 11.3 Å². The van der Waals surface area contributed by atoms with E-state index in [1.807, 2.05) is 26.0 Å². The van der Waals surface area contributed by atoms with Gasteiger partial charge in [-0.15, -0.1) is 0 Å². The molecule has 1 aromatic rings. The molecule has 0 aliphatic carbocycles. The normalized spacial score (nSPS) is 15.8. The number of carbonyl (C=O) groups is 1. The smallest absolute Gasteiger partial charge is 0.236 e. The molecule has 0 spiro atoms. The van der Waals surface area contributed by atoms with E-state index in [0.717, 1.165) is 18.7 Å². The van der Waals surface area contributed by atoms with Crippen molar-refractivity contribution in [3.63, 3.8) is 0 Å². The topological polar surface area (TPSA) is 52.6 Å². The number of hydrogen-bond acceptors (Lipinski definition) is 5. The van der Waals surface area contributed by atoms with Crippen LogP contribution in [0.2, 0.25) is 0 Å². The molecule has 6 nitrogen and oxygen atoms in total. The molecule has 0 atom stereocenters. The molecule has 1 aliphatic rings. The van der Waals surface area contributed by atoms with E-state index in [-0.39, 0.29) is 5.91 Å². The van der Waals surface area contributed by atoms with Gasteiger partial charge >= 0.3 is 0 Å². The first kappa shape index (κ1) is 15.7. The summed E-state index contributed by atoms with van der Waals surface area (Å²) in [7, 11) is 5.65. The zero-order chi connectivity index (χ0) is 15.2. The van der Waals surface area contributed by atoms with Crippen molar-refractivity contribution in [1.29, 1.82) is 0 Å². The van der Waals surface area contributed by atoms with Crippen molar-refractivity contribution in [2.75, 3.05) is 45.7 Å². The molecule has 1 fully saturated rings. The Bertz CT molecular complexity index is 454. The van der Waals surface area contributed by atoms with Crippen molar-refractivity contribution in [2.45, 2.75) is 25.8 Å². The molecule has 116 valence electrons. The number of hydrogen-bond donors (Lipinski definition) is 0. The predicted octanol–water partition coefficient (Wildman–Crippen LogP) is 0.987. The molecule has 0 saturated carbocycles. The van der Waals surface area contributed by atoms with E-state index in [2.05, 4.69) is 14.9 Å². The summed E-state index contributed by atoms with van der Waals surface area (Å²) in [4.78, 5) is 26.6. The molecule has 2 heterocycles. The van der Waals surface area contributed by atoms with Gasteiger partial charge in [-0.05, 0) is 25.9 Å². The summed E-state index contributed by atoms with van der Waals surface area (Å²) in [6, 6.07) is 0. The third kappa shape index (κ3) is 4.67. The van der Waals surface area contributed by atoms with Gasteiger partial charge in [-0.3, -0.25) is 9.69 Å². The Morgan fingerprint density at radius 1 is 1.14 bits per heavy atom. The van der Waals surface area contributed by atoms with Crippen LogP contribution in [0.4, 0.5) is 5.95 Å². The Hall–Kier alpha value is -1.69. The lowest BCUT2D eigenvalue weighted by atomic mass is 10.1. The van der Waals surface area contributed by atoms with Gasteiger partial charge < -0.3 is 9.80 Å². The second-order valence-electron chi connectivity index (χ2n) is 5.87. The second kappa shape index (κ2) is 7.36. The van der Waals surface area contributed by atoms with Crippen LogP contribution < -0.4 is 4.90 Å². The average Bonchev–Trinajstić information content (AvgIpc) is 2.48. The minimum absolute atomic E-state index is 0.161. The van der Waals surface area contributed by atoms with Crippen LogP contribution in [0, 0.1) is 0 Å². The highest BCUT2D eigenvalue weighted by atomic mass is 16.2. The number of carbonyl (C=O) groups excluding carboxylic acids is 1. The number of likely N-dealkylation sites (tertiary alicyclic amines) is 1. The summed E-state index contributed by atoms with van der Waals surface area (Å²) in [5.74, 6) is 0.842. The summed E-state index contributed by atoms with van der Waals surface area (Å²) in [6.45, 7) is 3.16. The number of piperidine rings is 1. The Kier molecular flexibility index (Phi) is 5.50. The van der Waals surface area contributed by atoms with E-state index in [4.69, 9.17) is 0 Å². The van der Waals surface area contributed by atoms with Gasteiger partial charge in [0.1, 0.15) is 0 Å². The Morgan fingerprint density at radius 3 is 2.33 bits per heavy atom. The van der Waals surface area contributed by atoms with Crippen LogP contribution in [0.25, 0.3) is 0 Å². The highest BCUT2D eigenvalue weighted by Gasteiger charge is 2.16. The van der Waals surface area contributed by atoms with Crippen molar-refractivity contribution < 1.29 is 4.79 Å². The van der Waals surface area contributed by atoms with E-state index in [9.17, 15) is 4.79 Å². The van der Waals surface area contributed by atoms with Gasteiger partial charge in [0.2, 0.25) is 11.9 Å². The number of anilines is 1. The molecule has 0 bridgehead atoms. The van der Waals surface area contributed by atoms with Crippen LogP contribution in [-0.4, -0.2) is 66.5 Å². The molecule has 2 rings (SSSR count). The van der Waals surface area contributed by atoms with E-state index in [1.165, 1.54) is 19.3 Å². The van der Waals surface area contributed by atoms with Gasteiger partial charge in [0.15, 0.2) is 0 Å². The highest BCUT2D eigenvalue weighted by molar-refractivity contribution is 5.78. The first-order valence-electron chi connectivity index (χ1n) is 7.51. The molecule has 21 heavy (non-hydrogen) atoms. The minimum atomic E-state index is 0.161. The quantitative estimate of drug-likeness (QED) is 0.809. The first-order valence-corrected chi connectivity index (χ1v) is 7.51. The highest BCUT2D eigenvalue weighted by Crippen LogP contribution is 2.10. The number of rotatable bonds is 5. The largest absolute Gasteiger partial charge is 0.347 e. The summed E-state index contributed by atoms with van der Waals surface area (Å²) >= 11 is 0. The van der Waals surface area contributed by atoms with Crippen LogP contribution in [0.15, 0.2) is 12.4 Å². The molecule has 1 aromatic heterocycles. The molecular formula is C15H25N5O. The summed E-state index contributed by atoms with van der Waals surface area (Å²) in [5.41, 5.74) is 0.954. The van der Waals surface area contributed by atoms with Crippen molar-refractivity contribution in [3.8, 4) is 0 Å². The molecule has 1 saturated heterocycles. The van der Waals surface area contributed by atoms with Gasteiger partial charge in [0, 0.05) is 45.6 Å². The number of likely N-dealkylation sites (N-methyl/N-ethyl adjacent to an activating group) is 1. The van der Waals surface area contributed by atoms with Crippen LogP contribution in [0.5, 0.6) is 0 Å². The standard InChI is InChI=1S/C15H25N5O/c1-18(2)15-16-9-13(10-17-15)11-19(3)14(21)12-20-7-5-4-6-8-20/h9-10H,4-8,11-12H2,1-3H3. The van der Waals surface area contributed by atoms with E-state index in [0.29, 0.717) is 19.0 Å². The van der Waals surface area contributed by atoms with E-state index in [1.54, 1.807) is 17.3 Å². The molecule has 0 radical (unpaired) electrons. The lowest BCUT2D eigenvalue weighted by Crippen LogP contribution is -2.40. The third-order valence-electron chi connectivity index (χ3n) is 3.74. The van der Waals surface area contributed by atoms with Crippen molar-refractivity contribution >= 4 is 11.9 Å². The third-order valence-corrected chi connectivity index (χ3v) is 3.74. The summed E-state index contributed by atoms with van der Waals surface area (Å²) in [5, 5.41) is 0. The lowest BCUT2D eigenvalue weighted by Gasteiger charge is -2.28. The molecular weight excluding hydrogens is 266 g/mol. The van der Waals surface area contributed by atoms with Crippen molar-refractivity contribution in [2.24, 2.45) is 0 Å². The molecule has 1 aliphatic heterocycles. The van der Waals surface area contributed by atoms with Crippen LogP contribution in [0.3, 0.4) is 0 Å². The zero-order valence-electron chi connectivity index (χ0n) is 13.2. The fourth-order valence-corrected chi connectivity index (χ4v) is 2.45. The van der Waals surface area contributed by atoms with Crippen LogP contribution >= 0.6 is 0 Å². The lowest BCUT2D eigenvalue weighted by molar-refractivity contribution is -0.131. The van der Waals surface area contributed by atoms with Gasteiger partial charge in [-0.25, -0.2) is 9.97 Å². The molecule has 6 heteroatoms. The monoisotopic (exact) mass is 291 g/mol. The van der Waals surface area contributed by atoms with Crippen LogP contribution in [0.1, 0.15) is 24.8 Å². The number of amides is 1. The molecule has 0 N–H and O–H groups in total.